The molecule has 0 saturated heterocycles. The fourth-order valence-electron chi connectivity index (χ4n) is 7.69. The summed E-state index contributed by atoms with van der Waals surface area (Å²) in [4.78, 5) is 11.9. The minimum absolute atomic E-state index is 0.149. The Balaban J connectivity index is 1.67. The topological polar surface area (TPSA) is 87.0 Å². The molecular weight excluding hydrogens is 657 g/mol. The van der Waals surface area contributed by atoms with Crippen molar-refractivity contribution in [1.29, 1.82) is 0 Å². The Morgan fingerprint density at radius 1 is 0.415 bits per heavy atom. The van der Waals surface area contributed by atoms with Gasteiger partial charge in [-0.15, -0.1) is 0 Å². The maximum absolute atomic E-state index is 11.9. The standard InChI is InChI=1S/C48H88O5/c1-2-3-4-5-6-7-8-9-10-11-12-13-14-15-16-17-18-19-20-21-22-23-24-25-26-27-28-29-30-31-32-33-34-35-36-37-38-39-46(50)53-43-42-44-40-41-45(49)48(52)47(44)51/h40-41,49,51-52H,2-39,42-43H2,1H3. The third-order valence-electron chi connectivity index (χ3n) is 11.3. The van der Waals surface area contributed by atoms with E-state index in [0.717, 1.165) is 12.8 Å². The highest BCUT2D eigenvalue weighted by Gasteiger charge is 2.12. The van der Waals surface area contributed by atoms with Crippen molar-refractivity contribution < 1.29 is 24.9 Å². The van der Waals surface area contributed by atoms with Crippen LogP contribution in [0, 0.1) is 0 Å². The third-order valence-corrected chi connectivity index (χ3v) is 11.3. The quantitative estimate of drug-likeness (QED) is 0.0353. The number of carbonyl (C=O) groups is 1. The van der Waals surface area contributed by atoms with Crippen molar-refractivity contribution >= 4 is 5.97 Å². The number of unbranched alkanes of at least 4 members (excludes halogenated alkanes) is 36. The summed E-state index contributed by atoms with van der Waals surface area (Å²) < 4.78 is 5.25. The number of hydrogen-bond donors (Lipinski definition) is 3. The van der Waals surface area contributed by atoms with Gasteiger partial charge in [0, 0.05) is 18.4 Å². The van der Waals surface area contributed by atoms with E-state index in [1.54, 1.807) is 0 Å². The molecule has 0 bridgehead atoms. The van der Waals surface area contributed by atoms with Crippen LogP contribution in [0.15, 0.2) is 12.1 Å². The van der Waals surface area contributed by atoms with E-state index in [1.165, 1.54) is 237 Å². The predicted molar refractivity (Wildman–Crippen MR) is 227 cm³/mol. The maximum atomic E-state index is 11.9. The highest BCUT2D eigenvalue weighted by molar-refractivity contribution is 5.69. The number of phenolic OH excluding ortho intramolecular Hbond substituents is 3. The fraction of sp³-hybridized carbons (Fsp3) is 0.854. The summed E-state index contributed by atoms with van der Waals surface area (Å²) in [6, 6.07) is 2.84. The van der Waals surface area contributed by atoms with Crippen LogP contribution in [-0.2, 0) is 16.0 Å². The fourth-order valence-corrected chi connectivity index (χ4v) is 7.69. The van der Waals surface area contributed by atoms with Gasteiger partial charge < -0.3 is 20.1 Å². The number of esters is 1. The van der Waals surface area contributed by atoms with Crippen molar-refractivity contribution in [3.8, 4) is 17.2 Å². The zero-order valence-electron chi connectivity index (χ0n) is 35.1. The summed E-state index contributed by atoms with van der Waals surface area (Å²) in [5.74, 6) is -1.48. The molecule has 0 spiro atoms. The average molecular weight is 745 g/mol. The SMILES string of the molecule is CCCCCCCCCCCCCCCCCCCCCCCCCCCCCCCCCCCCCCCC(=O)OCCc1ccc(O)c(O)c1O. The summed E-state index contributed by atoms with van der Waals surface area (Å²) in [5, 5.41) is 28.8. The Labute approximate surface area is 328 Å². The molecule has 0 atom stereocenters. The van der Waals surface area contributed by atoms with E-state index in [1.807, 2.05) is 0 Å². The van der Waals surface area contributed by atoms with Gasteiger partial charge in [-0.2, -0.15) is 0 Å². The lowest BCUT2D eigenvalue weighted by molar-refractivity contribution is -0.143. The molecule has 0 aromatic heterocycles. The van der Waals surface area contributed by atoms with Gasteiger partial charge in [0.25, 0.3) is 0 Å². The second-order valence-electron chi connectivity index (χ2n) is 16.4. The van der Waals surface area contributed by atoms with E-state index < -0.39 is 5.75 Å². The second-order valence-corrected chi connectivity index (χ2v) is 16.4. The number of benzene rings is 1. The van der Waals surface area contributed by atoms with E-state index in [0.29, 0.717) is 18.4 Å². The summed E-state index contributed by atoms with van der Waals surface area (Å²) >= 11 is 0. The molecule has 1 aromatic rings. The van der Waals surface area contributed by atoms with Crippen molar-refractivity contribution in [2.45, 2.75) is 257 Å². The second kappa shape index (κ2) is 38.4. The van der Waals surface area contributed by atoms with Crippen molar-refractivity contribution in [3.05, 3.63) is 17.7 Å². The molecule has 1 rings (SSSR count). The smallest absolute Gasteiger partial charge is 0.305 e. The number of hydrogen-bond acceptors (Lipinski definition) is 5. The molecule has 0 amide bonds. The van der Waals surface area contributed by atoms with Crippen LogP contribution in [0.1, 0.15) is 256 Å². The Hall–Kier alpha value is -1.91. The van der Waals surface area contributed by atoms with E-state index in [2.05, 4.69) is 6.92 Å². The van der Waals surface area contributed by atoms with E-state index in [4.69, 9.17) is 4.74 Å². The molecule has 3 N–H and O–H groups in total. The summed E-state index contributed by atoms with van der Waals surface area (Å²) in [6.45, 7) is 2.45. The summed E-state index contributed by atoms with van der Waals surface area (Å²) in [7, 11) is 0. The lowest BCUT2D eigenvalue weighted by atomic mass is 10.0. The lowest BCUT2D eigenvalue weighted by Crippen LogP contribution is -2.07. The molecule has 5 heteroatoms. The molecule has 0 heterocycles. The van der Waals surface area contributed by atoms with Gasteiger partial charge in [-0.3, -0.25) is 4.79 Å². The Kier molecular flexibility index (Phi) is 35.6. The minimum atomic E-state index is -0.536. The van der Waals surface area contributed by atoms with Gasteiger partial charge in [0.2, 0.25) is 5.75 Å². The van der Waals surface area contributed by atoms with Crippen molar-refractivity contribution in [1.82, 2.24) is 0 Å². The molecule has 0 fully saturated rings. The number of phenols is 3. The molecular formula is C48H88O5. The van der Waals surface area contributed by atoms with Crippen LogP contribution in [0.5, 0.6) is 17.2 Å². The van der Waals surface area contributed by atoms with Crippen LogP contribution in [0.3, 0.4) is 0 Å². The first-order valence-corrected chi connectivity index (χ1v) is 23.4. The van der Waals surface area contributed by atoms with Crippen molar-refractivity contribution in [2.24, 2.45) is 0 Å². The highest BCUT2D eigenvalue weighted by atomic mass is 16.5. The van der Waals surface area contributed by atoms with Gasteiger partial charge in [0.1, 0.15) is 0 Å². The first kappa shape index (κ1) is 49.1. The van der Waals surface area contributed by atoms with Crippen LogP contribution in [0.2, 0.25) is 0 Å². The van der Waals surface area contributed by atoms with Crippen molar-refractivity contribution in [2.75, 3.05) is 6.61 Å². The van der Waals surface area contributed by atoms with Gasteiger partial charge >= 0.3 is 5.97 Å². The Morgan fingerprint density at radius 3 is 1.00 bits per heavy atom. The molecule has 310 valence electrons. The maximum Gasteiger partial charge on any atom is 0.305 e. The molecule has 0 aliphatic rings. The number of rotatable bonds is 41. The minimum Gasteiger partial charge on any atom is -0.504 e. The molecule has 0 saturated carbocycles. The van der Waals surface area contributed by atoms with Crippen molar-refractivity contribution in [3.63, 3.8) is 0 Å². The third kappa shape index (κ3) is 32.1. The van der Waals surface area contributed by atoms with Crippen LogP contribution in [-0.4, -0.2) is 27.9 Å². The van der Waals surface area contributed by atoms with Gasteiger partial charge in [0.05, 0.1) is 6.61 Å². The molecule has 0 aliphatic heterocycles. The van der Waals surface area contributed by atoms with E-state index >= 15 is 0 Å². The van der Waals surface area contributed by atoms with E-state index in [9.17, 15) is 20.1 Å². The van der Waals surface area contributed by atoms with Gasteiger partial charge in [0.15, 0.2) is 11.5 Å². The Bertz CT molecular complexity index is 931. The monoisotopic (exact) mass is 745 g/mol. The summed E-state index contributed by atoms with van der Waals surface area (Å²) in [5.41, 5.74) is 0.444. The molecule has 0 aliphatic carbocycles. The predicted octanol–water partition coefficient (Wildman–Crippen LogP) is 15.7. The average Bonchev–Trinajstić information content (AvgIpc) is 3.16. The molecule has 53 heavy (non-hydrogen) atoms. The first-order valence-electron chi connectivity index (χ1n) is 23.4. The van der Waals surface area contributed by atoms with Gasteiger partial charge in [-0.05, 0) is 12.5 Å². The van der Waals surface area contributed by atoms with Gasteiger partial charge in [-0.25, -0.2) is 0 Å². The zero-order chi connectivity index (χ0) is 38.3. The number of aromatic hydroxyl groups is 3. The Morgan fingerprint density at radius 2 is 0.698 bits per heavy atom. The lowest BCUT2D eigenvalue weighted by Gasteiger charge is -2.08. The normalized spacial score (nSPS) is 11.4. The van der Waals surface area contributed by atoms with Gasteiger partial charge in [-0.1, -0.05) is 244 Å². The molecule has 0 unspecified atom stereocenters. The first-order chi connectivity index (χ1) is 26.1. The van der Waals surface area contributed by atoms with E-state index in [-0.39, 0.29) is 24.1 Å². The summed E-state index contributed by atoms with van der Waals surface area (Å²) in [6.07, 6.45) is 52.6. The van der Waals surface area contributed by atoms with Crippen LogP contribution in [0.4, 0.5) is 0 Å². The van der Waals surface area contributed by atoms with Crippen LogP contribution < -0.4 is 0 Å². The largest absolute Gasteiger partial charge is 0.504 e. The molecule has 1 aromatic carbocycles. The van der Waals surface area contributed by atoms with Crippen LogP contribution in [0.25, 0.3) is 0 Å². The molecule has 5 nitrogen and oxygen atoms in total. The number of ether oxygens (including phenoxy) is 1. The molecule has 0 radical (unpaired) electrons. The van der Waals surface area contributed by atoms with Crippen LogP contribution >= 0.6 is 0 Å². The highest BCUT2D eigenvalue weighted by Crippen LogP contribution is 2.37. The zero-order valence-corrected chi connectivity index (χ0v) is 35.1. The number of carbonyl (C=O) groups excluding carboxylic acids is 1.